The highest BCUT2D eigenvalue weighted by molar-refractivity contribution is 6.08. The third-order valence-electron chi connectivity index (χ3n) is 5.57. The molecule has 0 aliphatic heterocycles. The Morgan fingerprint density at radius 2 is 1.42 bits per heavy atom. The summed E-state index contributed by atoms with van der Waals surface area (Å²) in [5.74, 6) is 0.547. The Bertz CT molecular complexity index is 1030. The molecule has 0 radical (unpaired) electrons. The van der Waals surface area contributed by atoms with Crippen molar-refractivity contribution in [3.8, 4) is 0 Å². The molecule has 1 aliphatic rings. The quantitative estimate of drug-likeness (QED) is 0.354. The fourth-order valence-corrected chi connectivity index (χ4v) is 4.44. The van der Waals surface area contributed by atoms with E-state index in [2.05, 4.69) is 78.9 Å². The maximum absolute atomic E-state index is 2.39. The van der Waals surface area contributed by atoms with Gasteiger partial charge >= 0.3 is 0 Å². The summed E-state index contributed by atoms with van der Waals surface area (Å²) in [5.41, 5.74) is 4.56. The third kappa shape index (κ3) is 2.06. The van der Waals surface area contributed by atoms with Crippen molar-refractivity contribution in [2.24, 2.45) is 0 Å². The molecular formula is C24H20. The molecule has 0 bridgehead atoms. The first-order valence-electron chi connectivity index (χ1n) is 8.90. The van der Waals surface area contributed by atoms with Crippen LogP contribution in [-0.2, 0) is 6.42 Å². The third-order valence-corrected chi connectivity index (χ3v) is 5.57. The smallest absolute Gasteiger partial charge is 0.00924 e. The van der Waals surface area contributed by atoms with Gasteiger partial charge in [0, 0.05) is 5.92 Å². The van der Waals surface area contributed by atoms with Gasteiger partial charge in [0.25, 0.3) is 0 Å². The number of fused-ring (bicyclic) bond motifs is 5. The van der Waals surface area contributed by atoms with Crippen molar-refractivity contribution in [3.63, 3.8) is 0 Å². The van der Waals surface area contributed by atoms with E-state index in [1.165, 1.54) is 51.9 Å². The largest absolute Gasteiger partial charge is 0.0622 e. The summed E-state index contributed by atoms with van der Waals surface area (Å²) in [6.07, 6.45) is 3.74. The summed E-state index contributed by atoms with van der Waals surface area (Å²) in [5, 5.41) is 5.56. The monoisotopic (exact) mass is 308 g/mol. The molecule has 116 valence electrons. The maximum Gasteiger partial charge on any atom is 0.00924 e. The standard InChI is InChI=1S/C24H20/c1-2-7-17(8-3-1)20-11-6-12-21-22(20)15-16-23-19-10-5-4-9-18(19)13-14-24(21)23/h1-5,7-10,13-16,20H,6,11-12H2/t20-/m0/s1. The minimum Gasteiger partial charge on any atom is -0.0622 e. The van der Waals surface area contributed by atoms with Crippen LogP contribution in [-0.4, -0.2) is 0 Å². The van der Waals surface area contributed by atoms with E-state index in [0.717, 1.165) is 0 Å². The zero-order chi connectivity index (χ0) is 15.9. The molecule has 4 aromatic rings. The number of rotatable bonds is 1. The first kappa shape index (κ1) is 13.8. The van der Waals surface area contributed by atoms with Crippen LogP contribution in [0.25, 0.3) is 21.5 Å². The Hall–Kier alpha value is -2.60. The minimum absolute atomic E-state index is 0.547. The predicted molar refractivity (Wildman–Crippen MR) is 103 cm³/mol. The summed E-state index contributed by atoms with van der Waals surface area (Å²) >= 11 is 0. The SMILES string of the molecule is c1ccc([C@@H]2CCCc3c2ccc2c3ccc3ccccc32)cc1. The Kier molecular flexibility index (Phi) is 3.16. The molecule has 0 aromatic heterocycles. The van der Waals surface area contributed by atoms with Gasteiger partial charge in [0.05, 0.1) is 0 Å². The van der Waals surface area contributed by atoms with Gasteiger partial charge in [-0.2, -0.15) is 0 Å². The molecule has 0 saturated carbocycles. The number of hydrogen-bond donors (Lipinski definition) is 0. The number of benzene rings is 4. The molecule has 0 heterocycles. The fourth-order valence-electron chi connectivity index (χ4n) is 4.44. The Morgan fingerprint density at radius 1 is 0.625 bits per heavy atom. The molecule has 4 aromatic carbocycles. The molecule has 0 heteroatoms. The van der Waals surface area contributed by atoms with E-state index in [1.807, 2.05) is 0 Å². The summed E-state index contributed by atoms with van der Waals surface area (Å²) in [7, 11) is 0. The summed E-state index contributed by atoms with van der Waals surface area (Å²) in [4.78, 5) is 0. The van der Waals surface area contributed by atoms with E-state index in [9.17, 15) is 0 Å². The molecular weight excluding hydrogens is 288 g/mol. The minimum atomic E-state index is 0.547. The summed E-state index contributed by atoms with van der Waals surface area (Å²) in [6.45, 7) is 0. The van der Waals surface area contributed by atoms with Gasteiger partial charge in [-0.1, -0.05) is 78.9 Å². The van der Waals surface area contributed by atoms with Crippen LogP contribution in [0.1, 0.15) is 35.4 Å². The van der Waals surface area contributed by atoms with Gasteiger partial charge in [-0.15, -0.1) is 0 Å². The van der Waals surface area contributed by atoms with Gasteiger partial charge in [-0.05, 0) is 57.5 Å². The number of aryl methyl sites for hydroxylation is 1. The van der Waals surface area contributed by atoms with E-state index in [0.29, 0.717) is 5.92 Å². The van der Waals surface area contributed by atoms with Crippen molar-refractivity contribution in [2.75, 3.05) is 0 Å². The van der Waals surface area contributed by atoms with Gasteiger partial charge < -0.3 is 0 Å². The summed E-state index contributed by atoms with van der Waals surface area (Å²) < 4.78 is 0. The molecule has 1 aliphatic carbocycles. The topological polar surface area (TPSA) is 0 Å². The van der Waals surface area contributed by atoms with Crippen molar-refractivity contribution in [1.82, 2.24) is 0 Å². The molecule has 5 rings (SSSR count). The van der Waals surface area contributed by atoms with E-state index in [-0.39, 0.29) is 0 Å². The lowest BCUT2D eigenvalue weighted by Crippen LogP contribution is -2.11. The molecule has 0 N–H and O–H groups in total. The lowest BCUT2D eigenvalue weighted by molar-refractivity contribution is 0.619. The normalized spacial score (nSPS) is 17.1. The molecule has 0 fully saturated rings. The van der Waals surface area contributed by atoms with Crippen LogP contribution < -0.4 is 0 Å². The molecule has 0 nitrogen and oxygen atoms in total. The van der Waals surface area contributed by atoms with Crippen LogP contribution in [0.3, 0.4) is 0 Å². The molecule has 0 spiro atoms. The second kappa shape index (κ2) is 5.49. The van der Waals surface area contributed by atoms with Gasteiger partial charge in [0.2, 0.25) is 0 Å². The van der Waals surface area contributed by atoms with Crippen LogP contribution in [0.4, 0.5) is 0 Å². The fraction of sp³-hybridized carbons (Fsp3) is 0.167. The maximum atomic E-state index is 2.39. The summed E-state index contributed by atoms with van der Waals surface area (Å²) in [6, 6.07) is 29.1. The average molecular weight is 308 g/mol. The Morgan fingerprint density at radius 3 is 2.33 bits per heavy atom. The first-order chi connectivity index (χ1) is 11.9. The van der Waals surface area contributed by atoms with Crippen LogP contribution in [0.5, 0.6) is 0 Å². The van der Waals surface area contributed by atoms with Crippen molar-refractivity contribution < 1.29 is 0 Å². The van der Waals surface area contributed by atoms with Crippen LogP contribution in [0.15, 0.2) is 78.9 Å². The second-order valence-electron chi connectivity index (χ2n) is 6.87. The Labute approximate surface area is 142 Å². The van der Waals surface area contributed by atoms with Crippen molar-refractivity contribution in [2.45, 2.75) is 25.2 Å². The molecule has 0 amide bonds. The Balaban J connectivity index is 1.77. The highest BCUT2D eigenvalue weighted by Gasteiger charge is 2.23. The zero-order valence-corrected chi connectivity index (χ0v) is 13.7. The van der Waals surface area contributed by atoms with Gasteiger partial charge in [-0.25, -0.2) is 0 Å². The highest BCUT2D eigenvalue weighted by atomic mass is 14.3. The van der Waals surface area contributed by atoms with Gasteiger partial charge in [-0.3, -0.25) is 0 Å². The van der Waals surface area contributed by atoms with Crippen LogP contribution in [0.2, 0.25) is 0 Å². The van der Waals surface area contributed by atoms with E-state index >= 15 is 0 Å². The molecule has 0 unspecified atom stereocenters. The van der Waals surface area contributed by atoms with Crippen LogP contribution >= 0.6 is 0 Å². The molecule has 1 atom stereocenters. The highest BCUT2D eigenvalue weighted by Crippen LogP contribution is 2.41. The predicted octanol–water partition coefficient (Wildman–Crippen LogP) is 6.46. The molecule has 24 heavy (non-hydrogen) atoms. The van der Waals surface area contributed by atoms with Crippen LogP contribution in [0, 0.1) is 0 Å². The zero-order valence-electron chi connectivity index (χ0n) is 13.7. The van der Waals surface area contributed by atoms with E-state index in [1.54, 1.807) is 5.56 Å². The van der Waals surface area contributed by atoms with Crippen molar-refractivity contribution in [1.29, 1.82) is 0 Å². The lowest BCUT2D eigenvalue weighted by atomic mass is 9.77. The first-order valence-corrected chi connectivity index (χ1v) is 8.90. The van der Waals surface area contributed by atoms with E-state index in [4.69, 9.17) is 0 Å². The van der Waals surface area contributed by atoms with E-state index < -0.39 is 0 Å². The van der Waals surface area contributed by atoms with Gasteiger partial charge in [0.15, 0.2) is 0 Å². The van der Waals surface area contributed by atoms with Crippen molar-refractivity contribution in [3.05, 3.63) is 95.6 Å². The second-order valence-corrected chi connectivity index (χ2v) is 6.87. The van der Waals surface area contributed by atoms with Gasteiger partial charge in [0.1, 0.15) is 0 Å². The molecule has 0 saturated heterocycles. The van der Waals surface area contributed by atoms with Crippen molar-refractivity contribution >= 4 is 21.5 Å². The number of hydrogen-bond acceptors (Lipinski definition) is 0. The lowest BCUT2D eigenvalue weighted by Gasteiger charge is -2.27. The average Bonchev–Trinajstić information content (AvgIpc) is 2.67.